The van der Waals surface area contributed by atoms with Gasteiger partial charge in [-0.15, -0.1) is 0 Å². The summed E-state index contributed by atoms with van der Waals surface area (Å²) in [6, 6.07) is 15.3. The van der Waals surface area contributed by atoms with Crippen LogP contribution in [-0.2, 0) is 19.7 Å². The normalized spacial score (nSPS) is 15.6. The maximum atomic E-state index is 12.7. The van der Waals surface area contributed by atoms with Crippen molar-refractivity contribution in [1.29, 1.82) is 0 Å². The minimum Gasteiger partial charge on any atom is -0.443 e. The van der Waals surface area contributed by atoms with E-state index in [9.17, 15) is 9.59 Å². The van der Waals surface area contributed by atoms with Crippen molar-refractivity contribution in [2.45, 2.75) is 52.6 Å². The second kappa shape index (κ2) is 8.03. The Morgan fingerprint density at radius 3 is 2.30 bits per heavy atom. The summed E-state index contributed by atoms with van der Waals surface area (Å²) < 4.78 is 12.4. The molecule has 0 amide bonds. The number of carbonyl (C=O) groups excluding carboxylic acids is 2. The standard InChI is InChI=1S/C27H28N2O4/c1-26(2,3)19-13-11-17(12-14-19)23-28-21(24(30)32-23)15-18-16-29(25(31)33-27(4,5)6)22-10-8-7-9-20(18)22/h7-16H,1-6H3. The summed E-state index contributed by atoms with van der Waals surface area (Å²) in [6.45, 7) is 11.9. The van der Waals surface area contributed by atoms with Gasteiger partial charge in [0, 0.05) is 22.7 Å². The van der Waals surface area contributed by atoms with Crippen LogP contribution in [0.3, 0.4) is 0 Å². The van der Waals surface area contributed by atoms with Gasteiger partial charge in [-0.05, 0) is 56.0 Å². The van der Waals surface area contributed by atoms with Crippen molar-refractivity contribution < 1.29 is 19.1 Å². The maximum Gasteiger partial charge on any atom is 0.419 e. The monoisotopic (exact) mass is 444 g/mol. The van der Waals surface area contributed by atoms with E-state index in [-0.39, 0.29) is 17.0 Å². The first-order valence-electron chi connectivity index (χ1n) is 10.9. The lowest BCUT2D eigenvalue weighted by Crippen LogP contribution is -2.26. The number of fused-ring (bicyclic) bond motifs is 1. The Labute approximate surface area is 193 Å². The lowest BCUT2D eigenvalue weighted by molar-refractivity contribution is -0.129. The molecule has 170 valence electrons. The number of aromatic nitrogens is 1. The first-order valence-corrected chi connectivity index (χ1v) is 10.9. The molecular weight excluding hydrogens is 416 g/mol. The van der Waals surface area contributed by atoms with Crippen molar-refractivity contribution in [2.24, 2.45) is 4.99 Å². The van der Waals surface area contributed by atoms with Crippen LogP contribution < -0.4 is 0 Å². The van der Waals surface area contributed by atoms with E-state index in [4.69, 9.17) is 9.47 Å². The SMILES string of the molecule is CC(C)(C)OC(=O)n1cc(C=C2N=C(c3ccc(C(C)(C)C)cc3)OC2=O)c2ccccc21. The van der Waals surface area contributed by atoms with E-state index in [1.165, 1.54) is 10.1 Å². The van der Waals surface area contributed by atoms with E-state index >= 15 is 0 Å². The van der Waals surface area contributed by atoms with Crippen LogP contribution in [0.15, 0.2) is 65.4 Å². The summed E-state index contributed by atoms with van der Waals surface area (Å²) in [7, 11) is 0. The largest absolute Gasteiger partial charge is 0.443 e. The summed E-state index contributed by atoms with van der Waals surface area (Å²) in [5.41, 5.74) is 2.86. The summed E-state index contributed by atoms with van der Waals surface area (Å²) in [4.78, 5) is 29.7. The Balaban J connectivity index is 1.70. The number of rotatable bonds is 2. The fraction of sp³-hybridized carbons (Fsp3) is 0.296. The van der Waals surface area contributed by atoms with Gasteiger partial charge < -0.3 is 9.47 Å². The number of para-hydroxylation sites is 1. The van der Waals surface area contributed by atoms with E-state index in [0.29, 0.717) is 11.1 Å². The number of ether oxygens (including phenoxy) is 2. The van der Waals surface area contributed by atoms with Gasteiger partial charge in [0.05, 0.1) is 5.52 Å². The predicted molar refractivity (Wildman–Crippen MR) is 129 cm³/mol. The third-order valence-electron chi connectivity index (χ3n) is 5.24. The number of esters is 1. The van der Waals surface area contributed by atoms with Gasteiger partial charge in [0.25, 0.3) is 0 Å². The van der Waals surface area contributed by atoms with Crippen molar-refractivity contribution >= 4 is 34.9 Å². The van der Waals surface area contributed by atoms with Crippen LogP contribution in [0.4, 0.5) is 4.79 Å². The molecule has 33 heavy (non-hydrogen) atoms. The number of nitrogens with zero attached hydrogens (tertiary/aromatic N) is 2. The molecule has 1 aromatic heterocycles. The molecule has 0 bridgehead atoms. The first-order chi connectivity index (χ1) is 15.4. The van der Waals surface area contributed by atoms with Gasteiger partial charge in [-0.1, -0.05) is 51.1 Å². The van der Waals surface area contributed by atoms with Crippen molar-refractivity contribution in [1.82, 2.24) is 4.57 Å². The molecule has 0 atom stereocenters. The highest BCUT2D eigenvalue weighted by Crippen LogP contribution is 2.28. The molecule has 1 aliphatic heterocycles. The Morgan fingerprint density at radius 2 is 1.67 bits per heavy atom. The lowest BCUT2D eigenvalue weighted by Gasteiger charge is -2.19. The zero-order valence-electron chi connectivity index (χ0n) is 19.8. The topological polar surface area (TPSA) is 69.9 Å². The molecule has 0 aliphatic carbocycles. The number of hydrogen-bond acceptors (Lipinski definition) is 5. The van der Waals surface area contributed by atoms with E-state index in [0.717, 1.165) is 10.9 Å². The third-order valence-corrected chi connectivity index (χ3v) is 5.24. The Bertz CT molecular complexity index is 1300. The third kappa shape index (κ3) is 4.75. The van der Waals surface area contributed by atoms with Crippen molar-refractivity contribution in [3.8, 4) is 0 Å². The predicted octanol–water partition coefficient (Wildman–Crippen LogP) is 6.07. The minimum absolute atomic E-state index is 0.0279. The van der Waals surface area contributed by atoms with Crippen LogP contribution in [0.25, 0.3) is 17.0 Å². The van der Waals surface area contributed by atoms with Crippen molar-refractivity contribution in [3.63, 3.8) is 0 Å². The minimum atomic E-state index is -0.627. The van der Waals surface area contributed by atoms with Gasteiger partial charge in [0.1, 0.15) is 5.60 Å². The fourth-order valence-electron chi connectivity index (χ4n) is 3.58. The second-order valence-electron chi connectivity index (χ2n) is 10.1. The van der Waals surface area contributed by atoms with Gasteiger partial charge in [0.15, 0.2) is 5.70 Å². The molecular formula is C27H28N2O4. The van der Waals surface area contributed by atoms with E-state index in [1.807, 2.05) is 69.3 Å². The zero-order chi connectivity index (χ0) is 24.0. The van der Waals surface area contributed by atoms with Gasteiger partial charge in [-0.3, -0.25) is 4.57 Å². The molecule has 0 unspecified atom stereocenters. The number of benzene rings is 2. The Hall–Kier alpha value is -3.67. The van der Waals surface area contributed by atoms with E-state index in [1.54, 1.807) is 12.3 Å². The van der Waals surface area contributed by atoms with Gasteiger partial charge >= 0.3 is 12.1 Å². The van der Waals surface area contributed by atoms with Crippen LogP contribution in [0.2, 0.25) is 0 Å². The average Bonchev–Trinajstić information content (AvgIpc) is 3.28. The van der Waals surface area contributed by atoms with Crippen LogP contribution in [0.5, 0.6) is 0 Å². The molecule has 0 spiro atoms. The lowest BCUT2D eigenvalue weighted by atomic mass is 9.87. The average molecular weight is 445 g/mol. The summed E-state index contributed by atoms with van der Waals surface area (Å²) in [6.07, 6.45) is 2.81. The molecule has 3 aromatic rings. The summed E-state index contributed by atoms with van der Waals surface area (Å²) >= 11 is 0. The number of aliphatic imine (C=N–C) groups is 1. The number of hydrogen-bond donors (Lipinski definition) is 0. The molecule has 0 fully saturated rings. The highest BCUT2D eigenvalue weighted by Gasteiger charge is 2.26. The second-order valence-corrected chi connectivity index (χ2v) is 10.1. The van der Waals surface area contributed by atoms with Crippen LogP contribution in [0, 0.1) is 0 Å². The van der Waals surface area contributed by atoms with Crippen molar-refractivity contribution in [3.05, 3.63) is 77.1 Å². The molecule has 6 heteroatoms. The summed E-state index contributed by atoms with van der Waals surface area (Å²) in [5.74, 6) is -0.262. The maximum absolute atomic E-state index is 12.7. The van der Waals surface area contributed by atoms with Crippen LogP contribution >= 0.6 is 0 Å². The van der Waals surface area contributed by atoms with Gasteiger partial charge in [-0.25, -0.2) is 14.6 Å². The van der Waals surface area contributed by atoms with Crippen molar-refractivity contribution in [2.75, 3.05) is 0 Å². The van der Waals surface area contributed by atoms with E-state index < -0.39 is 17.7 Å². The molecule has 6 nitrogen and oxygen atoms in total. The molecule has 0 radical (unpaired) electrons. The molecule has 0 saturated heterocycles. The molecule has 0 saturated carbocycles. The highest BCUT2D eigenvalue weighted by molar-refractivity contribution is 6.13. The first kappa shape index (κ1) is 22.5. The Kier molecular flexibility index (Phi) is 5.48. The summed E-state index contributed by atoms with van der Waals surface area (Å²) in [5, 5.41) is 0.807. The highest BCUT2D eigenvalue weighted by atomic mass is 16.6. The molecule has 1 aliphatic rings. The van der Waals surface area contributed by atoms with E-state index in [2.05, 4.69) is 25.8 Å². The van der Waals surface area contributed by atoms with Gasteiger partial charge in [0.2, 0.25) is 5.90 Å². The number of carbonyl (C=O) groups is 2. The number of cyclic esters (lactones) is 1. The smallest absolute Gasteiger partial charge is 0.419 e. The quantitative estimate of drug-likeness (QED) is 0.355. The molecule has 0 N–H and O–H groups in total. The van der Waals surface area contributed by atoms with Crippen LogP contribution in [-0.4, -0.2) is 28.1 Å². The molecule has 2 aromatic carbocycles. The van der Waals surface area contributed by atoms with Crippen LogP contribution in [0.1, 0.15) is 58.2 Å². The van der Waals surface area contributed by atoms with Gasteiger partial charge in [-0.2, -0.15) is 0 Å². The fourth-order valence-corrected chi connectivity index (χ4v) is 3.58. The zero-order valence-corrected chi connectivity index (χ0v) is 19.8. The molecule has 2 heterocycles. The molecule has 4 rings (SSSR count). The Morgan fingerprint density at radius 1 is 1.00 bits per heavy atom.